The first kappa shape index (κ1) is 15.6. The van der Waals surface area contributed by atoms with Crippen LogP contribution in [0.25, 0.3) is 0 Å². The summed E-state index contributed by atoms with van der Waals surface area (Å²) in [6, 6.07) is 9.39. The summed E-state index contributed by atoms with van der Waals surface area (Å²) in [6.07, 6.45) is 1.11. The van der Waals surface area contributed by atoms with Gasteiger partial charge in [0.1, 0.15) is 11.6 Å². The Labute approximate surface area is 129 Å². The van der Waals surface area contributed by atoms with Crippen molar-refractivity contribution < 1.29 is 14.3 Å². The van der Waals surface area contributed by atoms with Gasteiger partial charge < -0.3 is 14.8 Å². The predicted molar refractivity (Wildman–Crippen MR) is 85.9 cm³/mol. The van der Waals surface area contributed by atoms with Crippen LogP contribution in [0.15, 0.2) is 36.5 Å². The number of rotatable bonds is 5. The first-order valence-corrected chi connectivity index (χ1v) is 6.94. The van der Waals surface area contributed by atoms with Crippen LogP contribution in [-0.4, -0.2) is 24.8 Å². The van der Waals surface area contributed by atoms with Gasteiger partial charge in [0.2, 0.25) is 0 Å². The second-order valence-electron chi connectivity index (χ2n) is 4.61. The maximum absolute atomic E-state index is 11.3. The Bertz CT molecular complexity index is 642. The quantitative estimate of drug-likeness (QED) is 0.880. The number of ether oxygens (including phenoxy) is 2. The highest BCUT2D eigenvalue weighted by atomic mass is 16.5. The van der Waals surface area contributed by atoms with E-state index >= 15 is 0 Å². The van der Waals surface area contributed by atoms with E-state index in [4.69, 9.17) is 9.47 Å². The molecule has 22 heavy (non-hydrogen) atoms. The number of benzene rings is 1. The zero-order chi connectivity index (χ0) is 15.9. The molecule has 116 valence electrons. The number of anilines is 3. The van der Waals surface area contributed by atoms with Crippen LogP contribution in [0, 0.1) is 6.92 Å². The van der Waals surface area contributed by atoms with Gasteiger partial charge in [-0.1, -0.05) is 6.07 Å². The average molecular weight is 301 g/mol. The van der Waals surface area contributed by atoms with Crippen molar-refractivity contribution in [1.82, 2.24) is 4.98 Å². The number of amides is 1. The lowest BCUT2D eigenvalue weighted by Crippen LogP contribution is -2.14. The van der Waals surface area contributed by atoms with E-state index in [1.165, 1.54) is 0 Å². The van der Waals surface area contributed by atoms with Crippen LogP contribution in [0.1, 0.15) is 12.5 Å². The van der Waals surface area contributed by atoms with E-state index < -0.39 is 6.09 Å². The van der Waals surface area contributed by atoms with Crippen molar-refractivity contribution in [2.45, 2.75) is 13.8 Å². The standard InChI is InChI=1S/C16H19N3O3/c1-4-22-16(20)19-15-8-6-12(10-17-15)18-13-9-11(2)5-7-14(13)21-3/h5-10,18H,4H2,1-3H3,(H,17,19,20). The van der Waals surface area contributed by atoms with E-state index in [2.05, 4.69) is 15.6 Å². The summed E-state index contributed by atoms with van der Waals surface area (Å²) in [5, 5.41) is 5.78. The molecule has 0 atom stereocenters. The molecule has 0 saturated heterocycles. The lowest BCUT2D eigenvalue weighted by Gasteiger charge is -2.12. The minimum atomic E-state index is -0.518. The van der Waals surface area contributed by atoms with E-state index in [1.807, 2.05) is 31.2 Å². The number of methoxy groups -OCH3 is 1. The second-order valence-corrected chi connectivity index (χ2v) is 4.61. The molecule has 6 nitrogen and oxygen atoms in total. The van der Waals surface area contributed by atoms with Gasteiger partial charge in [0.25, 0.3) is 0 Å². The number of aromatic nitrogens is 1. The van der Waals surface area contributed by atoms with Crippen LogP contribution in [0.5, 0.6) is 5.75 Å². The van der Waals surface area contributed by atoms with Crippen LogP contribution in [-0.2, 0) is 4.74 Å². The summed E-state index contributed by atoms with van der Waals surface area (Å²) in [5.74, 6) is 1.18. The number of carbonyl (C=O) groups excluding carboxylic acids is 1. The molecule has 2 N–H and O–H groups in total. The smallest absolute Gasteiger partial charge is 0.412 e. The fourth-order valence-electron chi connectivity index (χ4n) is 1.89. The molecule has 1 aromatic carbocycles. The number of carbonyl (C=O) groups is 1. The molecule has 1 aromatic heterocycles. The molecule has 2 aromatic rings. The fourth-order valence-corrected chi connectivity index (χ4v) is 1.89. The number of hydrogen-bond acceptors (Lipinski definition) is 5. The van der Waals surface area contributed by atoms with Crippen molar-refractivity contribution in [3.05, 3.63) is 42.1 Å². The zero-order valence-corrected chi connectivity index (χ0v) is 12.8. The molecule has 6 heteroatoms. The molecule has 0 unspecified atom stereocenters. The average Bonchev–Trinajstić information content (AvgIpc) is 2.50. The first-order valence-electron chi connectivity index (χ1n) is 6.94. The molecule has 0 aliphatic heterocycles. The largest absolute Gasteiger partial charge is 0.495 e. The Morgan fingerprint density at radius 2 is 2.09 bits per heavy atom. The highest BCUT2D eigenvalue weighted by molar-refractivity contribution is 5.83. The van der Waals surface area contributed by atoms with Crippen LogP contribution < -0.4 is 15.4 Å². The molecule has 0 bridgehead atoms. The van der Waals surface area contributed by atoms with Crippen LogP contribution in [0.3, 0.4) is 0 Å². The van der Waals surface area contributed by atoms with Crippen molar-refractivity contribution in [2.24, 2.45) is 0 Å². The summed E-state index contributed by atoms with van der Waals surface area (Å²) >= 11 is 0. The van der Waals surface area contributed by atoms with Crippen LogP contribution >= 0.6 is 0 Å². The summed E-state index contributed by atoms with van der Waals surface area (Å²) < 4.78 is 10.1. The van der Waals surface area contributed by atoms with Crippen LogP contribution in [0.4, 0.5) is 22.0 Å². The second kappa shape index (κ2) is 7.31. The highest BCUT2D eigenvalue weighted by Gasteiger charge is 2.06. The Hall–Kier alpha value is -2.76. The Morgan fingerprint density at radius 1 is 1.27 bits per heavy atom. The molecule has 0 radical (unpaired) electrons. The minimum absolute atomic E-state index is 0.318. The number of aryl methyl sites for hydroxylation is 1. The molecule has 0 aliphatic carbocycles. The highest BCUT2D eigenvalue weighted by Crippen LogP contribution is 2.28. The van der Waals surface area contributed by atoms with Gasteiger partial charge in [0, 0.05) is 0 Å². The first-order chi connectivity index (χ1) is 10.6. The summed E-state index contributed by atoms with van der Waals surface area (Å²) in [4.78, 5) is 15.5. The van der Waals surface area contributed by atoms with Crippen molar-refractivity contribution in [3.63, 3.8) is 0 Å². The predicted octanol–water partition coefficient (Wildman–Crippen LogP) is 3.71. The van der Waals surface area contributed by atoms with Gasteiger partial charge in [-0.25, -0.2) is 9.78 Å². The van der Waals surface area contributed by atoms with Crippen molar-refractivity contribution >= 4 is 23.3 Å². The third-order valence-corrected chi connectivity index (χ3v) is 2.90. The molecule has 1 amide bonds. The Balaban J connectivity index is 2.08. The maximum atomic E-state index is 11.3. The molecule has 0 spiro atoms. The molecular weight excluding hydrogens is 282 g/mol. The Morgan fingerprint density at radius 3 is 2.73 bits per heavy atom. The summed E-state index contributed by atoms with van der Waals surface area (Å²) in [7, 11) is 1.63. The number of nitrogens with one attached hydrogen (secondary N) is 2. The Kier molecular flexibility index (Phi) is 5.19. The van der Waals surface area contributed by atoms with Gasteiger partial charge in [-0.15, -0.1) is 0 Å². The van der Waals surface area contributed by atoms with Gasteiger partial charge >= 0.3 is 6.09 Å². The van der Waals surface area contributed by atoms with Crippen LogP contribution in [0.2, 0.25) is 0 Å². The topological polar surface area (TPSA) is 72.5 Å². The SMILES string of the molecule is CCOC(=O)Nc1ccc(Nc2cc(C)ccc2OC)cn1. The fraction of sp³-hybridized carbons (Fsp3) is 0.250. The van der Waals surface area contributed by atoms with Crippen molar-refractivity contribution in [2.75, 3.05) is 24.4 Å². The molecule has 0 fully saturated rings. The van der Waals surface area contributed by atoms with Gasteiger partial charge in [-0.2, -0.15) is 0 Å². The van der Waals surface area contributed by atoms with Gasteiger partial charge in [0.15, 0.2) is 0 Å². The van der Waals surface area contributed by atoms with E-state index in [9.17, 15) is 4.79 Å². The summed E-state index contributed by atoms with van der Waals surface area (Å²) in [5.41, 5.74) is 2.77. The van der Waals surface area contributed by atoms with E-state index in [1.54, 1.807) is 26.3 Å². The van der Waals surface area contributed by atoms with E-state index in [0.717, 1.165) is 22.7 Å². The maximum Gasteiger partial charge on any atom is 0.412 e. The monoisotopic (exact) mass is 301 g/mol. The minimum Gasteiger partial charge on any atom is -0.495 e. The summed E-state index contributed by atoms with van der Waals surface area (Å²) in [6.45, 7) is 4.07. The normalized spacial score (nSPS) is 9.95. The number of nitrogens with zero attached hydrogens (tertiary/aromatic N) is 1. The van der Waals surface area contributed by atoms with Crippen molar-refractivity contribution in [1.29, 1.82) is 0 Å². The zero-order valence-electron chi connectivity index (χ0n) is 12.8. The lowest BCUT2D eigenvalue weighted by atomic mass is 10.2. The molecular formula is C16H19N3O3. The number of pyridine rings is 1. The third-order valence-electron chi connectivity index (χ3n) is 2.90. The van der Waals surface area contributed by atoms with Gasteiger partial charge in [-0.3, -0.25) is 5.32 Å². The molecule has 2 rings (SSSR count). The molecule has 1 heterocycles. The lowest BCUT2D eigenvalue weighted by molar-refractivity contribution is 0.168. The van der Waals surface area contributed by atoms with Crippen molar-refractivity contribution in [3.8, 4) is 5.75 Å². The molecule has 0 saturated carbocycles. The molecule has 0 aliphatic rings. The van der Waals surface area contributed by atoms with Gasteiger partial charge in [-0.05, 0) is 43.7 Å². The number of hydrogen-bond donors (Lipinski definition) is 2. The third kappa shape index (κ3) is 4.12. The van der Waals surface area contributed by atoms with E-state index in [-0.39, 0.29) is 0 Å². The van der Waals surface area contributed by atoms with Gasteiger partial charge in [0.05, 0.1) is 31.3 Å². The van der Waals surface area contributed by atoms with E-state index in [0.29, 0.717) is 12.4 Å².